The third kappa shape index (κ3) is 2.28. The van der Waals surface area contributed by atoms with Crippen molar-refractivity contribution < 1.29 is 0 Å². The number of rotatable bonds is 2. The van der Waals surface area contributed by atoms with Gasteiger partial charge in [-0.3, -0.25) is 0 Å². The largest absolute Gasteiger partial charge is 0.340 e. The molecule has 0 amide bonds. The lowest BCUT2D eigenvalue weighted by Crippen LogP contribution is -2.05. The first kappa shape index (κ1) is 13.4. The lowest BCUT2D eigenvalue weighted by Gasteiger charge is -2.12. The SMILES string of the molecule is Cc1c(Cl)nc2ncnn2c1Nc1ccc(Cl)c(Cl)c1. The fraction of sp³-hybridized carbons (Fsp3) is 0.0833. The molecule has 2 aromatic heterocycles. The number of anilines is 2. The second-order valence-electron chi connectivity index (χ2n) is 4.10. The molecule has 5 nitrogen and oxygen atoms in total. The Balaban J connectivity index is 2.11. The quantitative estimate of drug-likeness (QED) is 0.718. The molecule has 0 spiro atoms. The smallest absolute Gasteiger partial charge is 0.255 e. The number of halogens is 3. The molecule has 1 N–H and O–H groups in total. The maximum absolute atomic E-state index is 6.09. The van der Waals surface area contributed by atoms with Gasteiger partial charge in [0.1, 0.15) is 17.3 Å². The Labute approximate surface area is 129 Å². The van der Waals surface area contributed by atoms with Crippen LogP contribution in [0.3, 0.4) is 0 Å². The fourth-order valence-corrected chi connectivity index (χ4v) is 2.22. The molecule has 0 aliphatic carbocycles. The van der Waals surface area contributed by atoms with E-state index in [1.165, 1.54) is 6.33 Å². The minimum Gasteiger partial charge on any atom is -0.340 e. The number of nitrogens with zero attached hydrogens (tertiary/aromatic N) is 4. The van der Waals surface area contributed by atoms with E-state index in [0.29, 0.717) is 26.8 Å². The molecule has 0 saturated carbocycles. The van der Waals surface area contributed by atoms with Gasteiger partial charge >= 0.3 is 0 Å². The lowest BCUT2D eigenvalue weighted by molar-refractivity contribution is 0.936. The Morgan fingerprint density at radius 2 is 1.95 bits per heavy atom. The van der Waals surface area contributed by atoms with Gasteiger partial charge in [-0.25, -0.2) is 0 Å². The van der Waals surface area contributed by atoms with E-state index in [2.05, 4.69) is 20.4 Å². The maximum Gasteiger partial charge on any atom is 0.255 e. The van der Waals surface area contributed by atoms with Crippen molar-refractivity contribution in [3.05, 3.63) is 45.3 Å². The number of benzene rings is 1. The van der Waals surface area contributed by atoms with Gasteiger partial charge in [0.15, 0.2) is 0 Å². The summed E-state index contributed by atoms with van der Waals surface area (Å²) in [6, 6.07) is 5.24. The normalized spacial score (nSPS) is 11.0. The molecule has 1 aromatic carbocycles. The molecule has 0 fully saturated rings. The molecule has 0 atom stereocenters. The van der Waals surface area contributed by atoms with E-state index in [1.807, 2.05) is 13.0 Å². The molecule has 0 aliphatic heterocycles. The van der Waals surface area contributed by atoms with Gasteiger partial charge in [0.2, 0.25) is 0 Å². The average Bonchev–Trinajstić information content (AvgIpc) is 2.87. The fourth-order valence-electron chi connectivity index (χ4n) is 1.75. The van der Waals surface area contributed by atoms with E-state index >= 15 is 0 Å². The summed E-state index contributed by atoms with van der Waals surface area (Å²) < 4.78 is 1.57. The van der Waals surface area contributed by atoms with Gasteiger partial charge in [-0.2, -0.15) is 19.6 Å². The molecule has 102 valence electrons. The van der Waals surface area contributed by atoms with Crippen LogP contribution in [0.15, 0.2) is 24.5 Å². The van der Waals surface area contributed by atoms with E-state index < -0.39 is 0 Å². The summed E-state index contributed by atoms with van der Waals surface area (Å²) in [7, 11) is 0. The second kappa shape index (κ2) is 5.09. The Bertz CT molecular complexity index is 799. The van der Waals surface area contributed by atoms with Crippen LogP contribution in [0.5, 0.6) is 0 Å². The predicted octanol–water partition coefficient (Wildman–Crippen LogP) is 4.14. The summed E-state index contributed by atoms with van der Waals surface area (Å²) in [6.45, 7) is 1.84. The van der Waals surface area contributed by atoms with Gasteiger partial charge in [-0.15, -0.1) is 0 Å². The highest BCUT2D eigenvalue weighted by atomic mass is 35.5. The van der Waals surface area contributed by atoms with Crippen LogP contribution >= 0.6 is 34.8 Å². The molecule has 3 rings (SSSR count). The first-order valence-corrected chi connectivity index (χ1v) is 6.77. The van der Waals surface area contributed by atoms with E-state index in [-0.39, 0.29) is 0 Å². The molecule has 20 heavy (non-hydrogen) atoms. The number of aromatic nitrogens is 4. The first-order chi connectivity index (χ1) is 9.56. The monoisotopic (exact) mass is 327 g/mol. The summed E-state index contributed by atoms with van der Waals surface area (Å²) in [5.74, 6) is 1.10. The Kier molecular flexibility index (Phi) is 3.41. The molecule has 0 unspecified atom stereocenters. The number of hydrogen-bond acceptors (Lipinski definition) is 4. The molecular weight excluding hydrogens is 321 g/mol. The van der Waals surface area contributed by atoms with Gasteiger partial charge in [0.05, 0.1) is 10.0 Å². The van der Waals surface area contributed by atoms with Crippen molar-refractivity contribution >= 4 is 52.1 Å². The molecule has 8 heteroatoms. The highest BCUT2D eigenvalue weighted by Gasteiger charge is 2.12. The molecular formula is C12H8Cl3N5. The van der Waals surface area contributed by atoms with E-state index in [1.54, 1.807) is 16.6 Å². The van der Waals surface area contributed by atoms with Gasteiger partial charge in [-0.1, -0.05) is 34.8 Å². The van der Waals surface area contributed by atoms with Crippen molar-refractivity contribution in [1.82, 2.24) is 19.6 Å². The van der Waals surface area contributed by atoms with Crippen LogP contribution in [0.2, 0.25) is 15.2 Å². The van der Waals surface area contributed by atoms with Crippen molar-refractivity contribution in [2.75, 3.05) is 5.32 Å². The zero-order valence-electron chi connectivity index (χ0n) is 10.2. The first-order valence-electron chi connectivity index (χ1n) is 5.64. The Hall–Kier alpha value is -1.56. The molecule has 2 heterocycles. The Morgan fingerprint density at radius 3 is 2.70 bits per heavy atom. The van der Waals surface area contributed by atoms with Crippen molar-refractivity contribution in [3.63, 3.8) is 0 Å². The van der Waals surface area contributed by atoms with Gasteiger partial charge in [0, 0.05) is 11.3 Å². The van der Waals surface area contributed by atoms with Crippen LogP contribution < -0.4 is 5.32 Å². The van der Waals surface area contributed by atoms with Crippen LogP contribution in [0, 0.1) is 6.92 Å². The molecule has 0 saturated heterocycles. The maximum atomic E-state index is 6.09. The van der Waals surface area contributed by atoms with E-state index in [9.17, 15) is 0 Å². The summed E-state index contributed by atoms with van der Waals surface area (Å²) in [4.78, 5) is 8.16. The van der Waals surface area contributed by atoms with Crippen LogP contribution in [0.25, 0.3) is 5.78 Å². The second-order valence-corrected chi connectivity index (χ2v) is 5.27. The van der Waals surface area contributed by atoms with Crippen molar-refractivity contribution in [2.24, 2.45) is 0 Å². The van der Waals surface area contributed by atoms with E-state index in [4.69, 9.17) is 34.8 Å². The molecule has 3 aromatic rings. The standard InChI is InChI=1S/C12H8Cl3N5/c1-6-10(15)19-12-16-5-17-20(12)11(6)18-7-2-3-8(13)9(14)4-7/h2-5,18H,1H3. The molecule has 0 aliphatic rings. The highest BCUT2D eigenvalue weighted by molar-refractivity contribution is 6.42. The Morgan fingerprint density at radius 1 is 1.15 bits per heavy atom. The van der Waals surface area contributed by atoms with Crippen molar-refractivity contribution in [2.45, 2.75) is 6.92 Å². The molecule has 0 bridgehead atoms. The van der Waals surface area contributed by atoms with Crippen LogP contribution in [0.4, 0.5) is 11.5 Å². The van der Waals surface area contributed by atoms with Crippen LogP contribution in [-0.2, 0) is 0 Å². The topological polar surface area (TPSA) is 55.1 Å². The van der Waals surface area contributed by atoms with Gasteiger partial charge < -0.3 is 5.32 Å². The van der Waals surface area contributed by atoms with Crippen molar-refractivity contribution in [1.29, 1.82) is 0 Å². The highest BCUT2D eigenvalue weighted by Crippen LogP contribution is 2.29. The van der Waals surface area contributed by atoms with E-state index in [0.717, 1.165) is 11.3 Å². The number of hydrogen-bond donors (Lipinski definition) is 1. The molecule has 0 radical (unpaired) electrons. The predicted molar refractivity (Wildman–Crippen MR) is 80.3 cm³/mol. The van der Waals surface area contributed by atoms with Crippen molar-refractivity contribution in [3.8, 4) is 0 Å². The zero-order valence-corrected chi connectivity index (χ0v) is 12.5. The third-order valence-electron chi connectivity index (χ3n) is 2.79. The summed E-state index contributed by atoms with van der Waals surface area (Å²) in [6.07, 6.45) is 1.41. The van der Waals surface area contributed by atoms with Gasteiger partial charge in [0.25, 0.3) is 5.78 Å². The zero-order chi connectivity index (χ0) is 14.3. The minimum atomic E-state index is 0.369. The average molecular weight is 329 g/mol. The summed E-state index contributed by atoms with van der Waals surface area (Å²) in [5.41, 5.74) is 1.53. The van der Waals surface area contributed by atoms with Crippen LogP contribution in [-0.4, -0.2) is 19.6 Å². The van der Waals surface area contributed by atoms with Crippen LogP contribution in [0.1, 0.15) is 5.56 Å². The number of fused-ring (bicyclic) bond motifs is 1. The summed E-state index contributed by atoms with van der Waals surface area (Å²) in [5, 5.41) is 8.65. The minimum absolute atomic E-state index is 0.369. The number of nitrogens with one attached hydrogen (secondary N) is 1. The third-order valence-corrected chi connectivity index (χ3v) is 3.89. The summed E-state index contributed by atoms with van der Waals surface area (Å²) >= 11 is 18.0. The lowest BCUT2D eigenvalue weighted by atomic mass is 10.3. The van der Waals surface area contributed by atoms with Gasteiger partial charge in [-0.05, 0) is 25.1 Å².